The van der Waals surface area contributed by atoms with Crippen LogP contribution in [0.4, 0.5) is 10.3 Å². The van der Waals surface area contributed by atoms with E-state index in [9.17, 15) is 4.39 Å². The first kappa shape index (κ1) is 15.6. The third kappa shape index (κ3) is 2.91. The molecule has 0 saturated carbocycles. The van der Waals surface area contributed by atoms with Gasteiger partial charge in [0, 0.05) is 20.9 Å². The number of benzene rings is 2. The predicted molar refractivity (Wildman–Crippen MR) is 95.0 cm³/mol. The van der Waals surface area contributed by atoms with Crippen LogP contribution in [0.1, 0.15) is 23.6 Å². The number of aliphatic imine (C=N–C) groups is 1. The first-order chi connectivity index (χ1) is 11.6. The smallest absolute Gasteiger partial charge is 0.214 e. The van der Waals surface area contributed by atoms with E-state index in [1.165, 1.54) is 12.1 Å². The molecule has 0 amide bonds. The molecule has 2 heterocycles. The fraction of sp³-hybridized carbons (Fsp3) is 0.125. The second-order valence-electron chi connectivity index (χ2n) is 5.42. The average Bonchev–Trinajstić information content (AvgIpc) is 3.01. The van der Waals surface area contributed by atoms with Gasteiger partial charge in [-0.2, -0.15) is 0 Å². The monoisotopic (exact) mass is 449 g/mol. The molecule has 8 heteroatoms. The molecule has 1 atom stereocenters. The third-order valence-corrected chi connectivity index (χ3v) is 4.77. The first-order valence-electron chi connectivity index (χ1n) is 7.17. The summed E-state index contributed by atoms with van der Waals surface area (Å²) in [4.78, 5) is 4.50. The fourth-order valence-corrected chi connectivity index (χ4v) is 3.66. The summed E-state index contributed by atoms with van der Waals surface area (Å²) in [6, 6.07) is 12.6. The Bertz CT molecular complexity index is 933. The van der Waals surface area contributed by atoms with E-state index >= 15 is 0 Å². The van der Waals surface area contributed by atoms with Crippen LogP contribution in [0.15, 0.2) is 56.4 Å². The largest absolute Gasteiger partial charge is 0.269 e. The topological polar surface area (TPSA) is 56.0 Å². The zero-order valence-electron chi connectivity index (χ0n) is 12.2. The fourth-order valence-electron chi connectivity index (χ4n) is 2.78. The number of fused-ring (bicyclic) bond motifs is 1. The van der Waals surface area contributed by atoms with Crippen LogP contribution in [0.3, 0.4) is 0 Å². The minimum absolute atomic E-state index is 0.0953. The molecule has 0 aliphatic carbocycles. The van der Waals surface area contributed by atoms with Crippen molar-refractivity contribution in [2.75, 3.05) is 0 Å². The standard InChI is InChI=1S/C16H10Br2FN5/c17-11-3-1-2-9(4-11)15-8-14(20-16-21-22-23-24(15)16)10-5-12(18)7-13(19)6-10/h1-7,15H,8H2. The van der Waals surface area contributed by atoms with Crippen molar-refractivity contribution in [1.82, 2.24) is 20.2 Å². The molecule has 2 aromatic carbocycles. The molecule has 0 spiro atoms. The number of halogens is 3. The molecule has 0 fully saturated rings. The molecule has 0 bridgehead atoms. The number of rotatable bonds is 2. The Morgan fingerprint density at radius 2 is 1.96 bits per heavy atom. The van der Waals surface area contributed by atoms with Gasteiger partial charge in [-0.05, 0) is 46.3 Å². The van der Waals surface area contributed by atoms with Crippen molar-refractivity contribution in [3.63, 3.8) is 0 Å². The van der Waals surface area contributed by atoms with Gasteiger partial charge in [-0.3, -0.25) is 0 Å². The molecular weight excluding hydrogens is 441 g/mol. The molecule has 0 N–H and O–H groups in total. The summed E-state index contributed by atoms with van der Waals surface area (Å²) in [6.45, 7) is 0. The van der Waals surface area contributed by atoms with E-state index in [2.05, 4.69) is 52.4 Å². The van der Waals surface area contributed by atoms with Gasteiger partial charge in [0.05, 0.1) is 11.8 Å². The van der Waals surface area contributed by atoms with Crippen LogP contribution in [-0.2, 0) is 0 Å². The maximum absolute atomic E-state index is 13.8. The second-order valence-corrected chi connectivity index (χ2v) is 7.25. The Labute approximate surface area is 153 Å². The summed E-state index contributed by atoms with van der Waals surface area (Å²) >= 11 is 6.82. The molecule has 1 aromatic heterocycles. The van der Waals surface area contributed by atoms with Gasteiger partial charge in [-0.1, -0.05) is 49.1 Å². The van der Waals surface area contributed by atoms with Crippen LogP contribution in [0.5, 0.6) is 0 Å². The van der Waals surface area contributed by atoms with Crippen LogP contribution < -0.4 is 0 Å². The maximum Gasteiger partial charge on any atom is 0.269 e. The van der Waals surface area contributed by atoms with Gasteiger partial charge in [-0.25, -0.2) is 14.1 Å². The molecule has 5 nitrogen and oxygen atoms in total. The lowest BCUT2D eigenvalue weighted by molar-refractivity contribution is 0.514. The van der Waals surface area contributed by atoms with Gasteiger partial charge in [0.25, 0.3) is 5.95 Å². The molecule has 120 valence electrons. The molecule has 24 heavy (non-hydrogen) atoms. The highest BCUT2D eigenvalue weighted by Gasteiger charge is 2.27. The van der Waals surface area contributed by atoms with Crippen molar-refractivity contribution in [2.24, 2.45) is 4.99 Å². The molecule has 1 aliphatic heterocycles. The Morgan fingerprint density at radius 1 is 1.08 bits per heavy atom. The van der Waals surface area contributed by atoms with Crippen LogP contribution >= 0.6 is 31.9 Å². The Morgan fingerprint density at radius 3 is 2.75 bits per heavy atom. The zero-order valence-corrected chi connectivity index (χ0v) is 15.4. The van der Waals surface area contributed by atoms with E-state index in [1.807, 2.05) is 30.3 Å². The van der Waals surface area contributed by atoms with E-state index in [0.29, 0.717) is 16.8 Å². The lowest BCUT2D eigenvalue weighted by Gasteiger charge is -2.23. The van der Waals surface area contributed by atoms with Gasteiger partial charge in [0.15, 0.2) is 0 Å². The molecular formula is C16H10Br2FN5. The van der Waals surface area contributed by atoms with Gasteiger partial charge in [0.1, 0.15) is 5.82 Å². The van der Waals surface area contributed by atoms with E-state index in [1.54, 1.807) is 4.68 Å². The van der Waals surface area contributed by atoms with E-state index in [0.717, 1.165) is 21.3 Å². The second kappa shape index (κ2) is 6.18. The molecule has 1 unspecified atom stereocenters. The van der Waals surface area contributed by atoms with E-state index in [4.69, 9.17) is 0 Å². The van der Waals surface area contributed by atoms with Crippen molar-refractivity contribution < 1.29 is 4.39 Å². The van der Waals surface area contributed by atoms with Gasteiger partial charge in [0.2, 0.25) is 0 Å². The Kier molecular flexibility index (Phi) is 4.01. The highest BCUT2D eigenvalue weighted by molar-refractivity contribution is 9.10. The summed E-state index contributed by atoms with van der Waals surface area (Å²) in [6.07, 6.45) is 0.574. The van der Waals surface area contributed by atoms with E-state index in [-0.39, 0.29) is 11.9 Å². The van der Waals surface area contributed by atoms with Crippen LogP contribution in [-0.4, -0.2) is 25.9 Å². The molecule has 1 aliphatic rings. The summed E-state index contributed by atoms with van der Waals surface area (Å²) in [5.74, 6) is 0.104. The Hall–Kier alpha value is -1.93. The number of tetrazole rings is 1. The lowest BCUT2D eigenvalue weighted by Crippen LogP contribution is -2.21. The predicted octanol–water partition coefficient (Wildman–Crippen LogP) is 4.45. The number of aromatic nitrogens is 4. The third-order valence-electron chi connectivity index (χ3n) is 3.82. The zero-order chi connectivity index (χ0) is 16.7. The minimum Gasteiger partial charge on any atom is -0.214 e. The van der Waals surface area contributed by atoms with Crippen LogP contribution in [0.2, 0.25) is 0 Å². The lowest BCUT2D eigenvalue weighted by atomic mass is 9.96. The minimum atomic E-state index is -0.314. The average molecular weight is 451 g/mol. The maximum atomic E-state index is 13.8. The SMILES string of the molecule is Fc1cc(Br)cc(C2=Nc3nnnn3C(c3cccc(Br)c3)C2)c1. The van der Waals surface area contributed by atoms with Crippen molar-refractivity contribution in [1.29, 1.82) is 0 Å². The Balaban J connectivity index is 1.81. The molecule has 0 radical (unpaired) electrons. The normalized spacial score (nSPS) is 16.6. The molecule has 0 saturated heterocycles. The van der Waals surface area contributed by atoms with Gasteiger partial charge in [-0.15, -0.1) is 0 Å². The van der Waals surface area contributed by atoms with Crippen molar-refractivity contribution >= 4 is 43.5 Å². The first-order valence-corrected chi connectivity index (χ1v) is 8.76. The molecule has 4 rings (SSSR count). The van der Waals surface area contributed by atoms with Crippen molar-refractivity contribution in [3.05, 3.63) is 68.4 Å². The van der Waals surface area contributed by atoms with Gasteiger partial charge >= 0.3 is 0 Å². The highest BCUT2D eigenvalue weighted by atomic mass is 79.9. The number of hydrogen-bond acceptors (Lipinski definition) is 4. The highest BCUT2D eigenvalue weighted by Crippen LogP contribution is 2.33. The molecule has 3 aromatic rings. The van der Waals surface area contributed by atoms with Crippen molar-refractivity contribution in [3.8, 4) is 0 Å². The van der Waals surface area contributed by atoms with Crippen LogP contribution in [0, 0.1) is 5.82 Å². The van der Waals surface area contributed by atoms with Crippen LogP contribution in [0.25, 0.3) is 0 Å². The van der Waals surface area contributed by atoms with Crippen molar-refractivity contribution in [2.45, 2.75) is 12.5 Å². The number of hydrogen-bond donors (Lipinski definition) is 0. The van der Waals surface area contributed by atoms with Gasteiger partial charge < -0.3 is 0 Å². The summed E-state index contributed by atoms with van der Waals surface area (Å²) < 4.78 is 17.1. The summed E-state index contributed by atoms with van der Waals surface area (Å²) in [5.41, 5.74) is 2.53. The number of nitrogens with zero attached hydrogens (tertiary/aromatic N) is 5. The van der Waals surface area contributed by atoms with E-state index < -0.39 is 0 Å². The summed E-state index contributed by atoms with van der Waals surface area (Å²) in [7, 11) is 0. The summed E-state index contributed by atoms with van der Waals surface area (Å²) in [5, 5.41) is 11.8. The quantitative estimate of drug-likeness (QED) is 0.579.